The first-order valence-electron chi connectivity index (χ1n) is 9.27. The first kappa shape index (κ1) is 16.7. The van der Waals surface area contributed by atoms with Crippen LogP contribution in [-0.4, -0.2) is 36.1 Å². The molecule has 0 bridgehead atoms. The van der Waals surface area contributed by atoms with Gasteiger partial charge in [-0.15, -0.1) is 0 Å². The van der Waals surface area contributed by atoms with Crippen molar-refractivity contribution in [3.63, 3.8) is 0 Å². The maximum Gasteiger partial charge on any atom is 0.119 e. The van der Waals surface area contributed by atoms with Crippen molar-refractivity contribution in [2.75, 3.05) is 26.2 Å². The van der Waals surface area contributed by atoms with Crippen molar-refractivity contribution >= 4 is 10.9 Å². The minimum absolute atomic E-state index is 0.664. The van der Waals surface area contributed by atoms with Gasteiger partial charge in [0, 0.05) is 42.7 Å². The molecule has 0 atom stereocenters. The van der Waals surface area contributed by atoms with Crippen LogP contribution >= 0.6 is 0 Å². The summed E-state index contributed by atoms with van der Waals surface area (Å²) in [6.07, 6.45) is 3.20. The van der Waals surface area contributed by atoms with Gasteiger partial charge in [0.1, 0.15) is 5.75 Å². The zero-order valence-corrected chi connectivity index (χ0v) is 14.9. The number of aromatic amines is 1. The molecule has 0 aliphatic carbocycles. The Bertz CT molecular complexity index is 921. The lowest BCUT2D eigenvalue weighted by Crippen LogP contribution is -2.28. The predicted molar refractivity (Wildman–Crippen MR) is 103 cm³/mol. The topological polar surface area (TPSA) is 52.0 Å². The van der Waals surface area contributed by atoms with Crippen LogP contribution in [0.5, 0.6) is 5.75 Å². The van der Waals surface area contributed by atoms with Gasteiger partial charge in [-0.1, -0.05) is 18.2 Å². The molecule has 1 aliphatic rings. The van der Waals surface area contributed by atoms with E-state index < -0.39 is 0 Å². The highest BCUT2D eigenvalue weighted by Gasteiger charge is 2.17. The fraction of sp³-hybridized carbons (Fsp3) is 0.318. The molecule has 4 heteroatoms. The molecule has 0 unspecified atom stereocenters. The van der Waals surface area contributed by atoms with E-state index in [1.165, 1.54) is 22.2 Å². The second-order valence-corrected chi connectivity index (χ2v) is 6.81. The van der Waals surface area contributed by atoms with Gasteiger partial charge in [0.15, 0.2) is 0 Å². The molecule has 0 radical (unpaired) electrons. The molecular formula is C22H23N3O. The van der Waals surface area contributed by atoms with Crippen LogP contribution in [0.3, 0.4) is 0 Å². The van der Waals surface area contributed by atoms with E-state index in [2.05, 4.69) is 40.2 Å². The summed E-state index contributed by atoms with van der Waals surface area (Å²) in [7, 11) is 0. The van der Waals surface area contributed by atoms with E-state index in [1.807, 2.05) is 12.1 Å². The summed E-state index contributed by atoms with van der Waals surface area (Å²) < 4.78 is 5.79. The first-order valence-corrected chi connectivity index (χ1v) is 9.27. The van der Waals surface area contributed by atoms with E-state index in [1.54, 1.807) is 12.1 Å². The minimum atomic E-state index is 0.664. The van der Waals surface area contributed by atoms with Gasteiger partial charge in [0.2, 0.25) is 0 Å². The maximum atomic E-state index is 8.82. The minimum Gasteiger partial charge on any atom is -0.494 e. The number of hydrogen-bond acceptors (Lipinski definition) is 3. The number of benzene rings is 2. The first-order chi connectivity index (χ1) is 12.8. The maximum absolute atomic E-state index is 8.82. The molecule has 0 saturated heterocycles. The number of aromatic nitrogens is 1. The van der Waals surface area contributed by atoms with E-state index >= 15 is 0 Å². The molecule has 0 saturated carbocycles. The van der Waals surface area contributed by atoms with Crippen molar-refractivity contribution in [2.45, 2.75) is 19.3 Å². The molecule has 0 fully saturated rings. The van der Waals surface area contributed by atoms with Crippen molar-refractivity contribution < 1.29 is 4.74 Å². The standard InChI is InChI=1S/C22H23N3O/c23-16-17-6-8-18(9-7-17)26-15-3-12-25-13-10-20-19-4-1-2-5-21(19)24-22(20)11-14-25/h1-2,4-9,24H,3,10-15H2. The van der Waals surface area contributed by atoms with Crippen LogP contribution in [0.25, 0.3) is 10.9 Å². The van der Waals surface area contributed by atoms with Crippen molar-refractivity contribution in [1.82, 2.24) is 9.88 Å². The molecule has 0 amide bonds. The summed E-state index contributed by atoms with van der Waals surface area (Å²) in [5.41, 5.74) is 4.83. The molecule has 1 aromatic heterocycles. The van der Waals surface area contributed by atoms with Crippen molar-refractivity contribution in [3.8, 4) is 11.8 Å². The SMILES string of the molecule is N#Cc1ccc(OCCCN2CCc3[nH]c4ccccc4c3CC2)cc1. The normalized spacial score (nSPS) is 14.6. The molecule has 0 spiro atoms. The van der Waals surface area contributed by atoms with Crippen LogP contribution in [0.15, 0.2) is 48.5 Å². The Balaban J connectivity index is 1.27. The molecule has 2 aromatic carbocycles. The quantitative estimate of drug-likeness (QED) is 0.713. The number of fused-ring (bicyclic) bond motifs is 3. The summed E-state index contributed by atoms with van der Waals surface area (Å²) in [5.74, 6) is 0.835. The lowest BCUT2D eigenvalue weighted by molar-refractivity contribution is 0.241. The van der Waals surface area contributed by atoms with Crippen LogP contribution in [-0.2, 0) is 12.8 Å². The highest BCUT2D eigenvalue weighted by molar-refractivity contribution is 5.84. The Kier molecular flexibility index (Phi) is 4.90. The summed E-state index contributed by atoms with van der Waals surface area (Å²) in [5, 5.41) is 10.2. The molecular weight excluding hydrogens is 322 g/mol. The van der Waals surface area contributed by atoms with Gasteiger partial charge < -0.3 is 14.6 Å². The Morgan fingerprint density at radius 1 is 1.04 bits per heavy atom. The van der Waals surface area contributed by atoms with Gasteiger partial charge in [-0.05, 0) is 48.7 Å². The zero-order valence-electron chi connectivity index (χ0n) is 14.9. The number of para-hydroxylation sites is 1. The van der Waals surface area contributed by atoms with Gasteiger partial charge in [0.05, 0.1) is 18.2 Å². The predicted octanol–water partition coefficient (Wildman–Crippen LogP) is 3.91. The van der Waals surface area contributed by atoms with Crippen LogP contribution in [0.4, 0.5) is 0 Å². The number of H-pyrrole nitrogens is 1. The number of ether oxygens (including phenoxy) is 1. The van der Waals surface area contributed by atoms with E-state index in [0.29, 0.717) is 12.2 Å². The van der Waals surface area contributed by atoms with Gasteiger partial charge in [0.25, 0.3) is 0 Å². The van der Waals surface area contributed by atoms with E-state index in [4.69, 9.17) is 10.00 Å². The number of hydrogen-bond donors (Lipinski definition) is 1. The van der Waals surface area contributed by atoms with E-state index in [-0.39, 0.29) is 0 Å². The fourth-order valence-corrected chi connectivity index (χ4v) is 3.73. The zero-order chi connectivity index (χ0) is 17.8. The van der Waals surface area contributed by atoms with Crippen molar-refractivity contribution in [1.29, 1.82) is 5.26 Å². The molecule has 1 aliphatic heterocycles. The van der Waals surface area contributed by atoms with E-state index in [0.717, 1.165) is 44.6 Å². The van der Waals surface area contributed by atoms with Crippen molar-refractivity contribution in [2.24, 2.45) is 0 Å². The Labute approximate surface area is 154 Å². The molecule has 2 heterocycles. The molecule has 132 valence electrons. The van der Waals surface area contributed by atoms with Gasteiger partial charge in [-0.2, -0.15) is 5.26 Å². The smallest absolute Gasteiger partial charge is 0.119 e. The molecule has 26 heavy (non-hydrogen) atoms. The number of nitrogens with one attached hydrogen (secondary N) is 1. The lowest BCUT2D eigenvalue weighted by atomic mass is 10.1. The average molecular weight is 345 g/mol. The average Bonchev–Trinajstić information content (AvgIpc) is 2.92. The summed E-state index contributed by atoms with van der Waals surface area (Å²) >= 11 is 0. The van der Waals surface area contributed by atoms with Gasteiger partial charge >= 0.3 is 0 Å². The van der Waals surface area contributed by atoms with Gasteiger partial charge in [-0.3, -0.25) is 0 Å². The Morgan fingerprint density at radius 2 is 1.85 bits per heavy atom. The number of rotatable bonds is 5. The van der Waals surface area contributed by atoms with Crippen LogP contribution in [0.1, 0.15) is 23.2 Å². The third-order valence-corrected chi connectivity index (χ3v) is 5.13. The number of nitriles is 1. The van der Waals surface area contributed by atoms with Gasteiger partial charge in [-0.25, -0.2) is 0 Å². The highest BCUT2D eigenvalue weighted by atomic mass is 16.5. The number of nitrogens with zero attached hydrogens (tertiary/aromatic N) is 2. The largest absolute Gasteiger partial charge is 0.494 e. The van der Waals surface area contributed by atoms with Crippen LogP contribution < -0.4 is 4.74 Å². The summed E-state index contributed by atoms with van der Waals surface area (Å²) in [4.78, 5) is 6.13. The molecule has 3 aromatic rings. The van der Waals surface area contributed by atoms with E-state index in [9.17, 15) is 0 Å². The van der Waals surface area contributed by atoms with Crippen LogP contribution in [0, 0.1) is 11.3 Å². The Morgan fingerprint density at radius 3 is 2.69 bits per heavy atom. The monoisotopic (exact) mass is 345 g/mol. The molecule has 1 N–H and O–H groups in total. The second kappa shape index (κ2) is 7.63. The molecule has 4 rings (SSSR count). The summed E-state index contributed by atoms with van der Waals surface area (Å²) in [6, 6.07) is 18.1. The highest BCUT2D eigenvalue weighted by Crippen LogP contribution is 2.25. The molecule has 4 nitrogen and oxygen atoms in total. The third kappa shape index (κ3) is 3.58. The Hall–Kier alpha value is -2.77. The van der Waals surface area contributed by atoms with Crippen LogP contribution in [0.2, 0.25) is 0 Å². The van der Waals surface area contributed by atoms with Crippen molar-refractivity contribution in [3.05, 3.63) is 65.4 Å². The lowest BCUT2D eigenvalue weighted by Gasteiger charge is -2.19. The summed E-state index contributed by atoms with van der Waals surface area (Å²) in [6.45, 7) is 3.96. The third-order valence-electron chi connectivity index (χ3n) is 5.13. The second-order valence-electron chi connectivity index (χ2n) is 6.81. The fourth-order valence-electron chi connectivity index (χ4n) is 3.73.